The van der Waals surface area contributed by atoms with Crippen molar-refractivity contribution in [1.82, 2.24) is 10.2 Å². The molecular weight excluding hydrogens is 256 g/mol. The van der Waals surface area contributed by atoms with Crippen molar-refractivity contribution in [3.8, 4) is 0 Å². The molecule has 1 saturated heterocycles. The van der Waals surface area contributed by atoms with Crippen molar-refractivity contribution in [1.29, 1.82) is 0 Å². The number of nitro benzene ring substituents is 1. The molecule has 1 heterocycles. The maximum atomic E-state index is 13.3. The molecule has 0 unspecified atom stereocenters. The van der Waals surface area contributed by atoms with Crippen molar-refractivity contribution in [3.05, 3.63) is 39.7 Å². The fraction of sp³-hybridized carbons (Fsp3) is 0.500. The first kappa shape index (κ1) is 13.8. The standard InChI is InChI=1S/C12H15F2N3O2/c13-8-12(16-5-3-15-4-6-16)10-7-9(14)1-2-11(10)17(18)19/h1-2,7,12,15H,3-6,8H2/t12-/m1/s1. The Hall–Kier alpha value is -1.60. The van der Waals surface area contributed by atoms with E-state index in [1.165, 1.54) is 0 Å². The Labute approximate surface area is 109 Å². The average molecular weight is 271 g/mol. The molecule has 0 bridgehead atoms. The number of rotatable bonds is 4. The maximum absolute atomic E-state index is 13.3. The highest BCUT2D eigenvalue weighted by atomic mass is 19.1. The van der Waals surface area contributed by atoms with Gasteiger partial charge in [-0.25, -0.2) is 8.78 Å². The first-order chi connectivity index (χ1) is 9.13. The number of nitrogens with one attached hydrogen (secondary N) is 1. The lowest BCUT2D eigenvalue weighted by molar-refractivity contribution is -0.386. The molecule has 2 rings (SSSR count). The van der Waals surface area contributed by atoms with Gasteiger partial charge in [-0.15, -0.1) is 0 Å². The molecule has 5 nitrogen and oxygen atoms in total. The highest BCUT2D eigenvalue weighted by molar-refractivity contribution is 5.42. The average Bonchev–Trinajstić information content (AvgIpc) is 2.40. The summed E-state index contributed by atoms with van der Waals surface area (Å²) in [6.45, 7) is 1.79. The molecule has 1 aliphatic rings. The van der Waals surface area contributed by atoms with Crippen molar-refractivity contribution in [3.63, 3.8) is 0 Å². The summed E-state index contributed by atoms with van der Waals surface area (Å²) in [4.78, 5) is 12.2. The molecular formula is C12H15F2N3O2. The zero-order valence-corrected chi connectivity index (χ0v) is 10.3. The summed E-state index contributed by atoms with van der Waals surface area (Å²) in [5, 5.41) is 14.1. The van der Waals surface area contributed by atoms with E-state index in [0.717, 1.165) is 18.2 Å². The number of halogens is 2. The van der Waals surface area contributed by atoms with Gasteiger partial charge in [-0.05, 0) is 12.1 Å². The topological polar surface area (TPSA) is 58.4 Å². The zero-order valence-electron chi connectivity index (χ0n) is 10.3. The molecule has 0 aliphatic carbocycles. The molecule has 0 amide bonds. The number of hydrogen-bond acceptors (Lipinski definition) is 4. The second kappa shape index (κ2) is 6.03. The molecule has 0 spiro atoms. The molecule has 1 aromatic carbocycles. The molecule has 0 radical (unpaired) electrons. The van der Waals surface area contributed by atoms with Crippen molar-refractivity contribution < 1.29 is 13.7 Å². The molecule has 7 heteroatoms. The van der Waals surface area contributed by atoms with E-state index < -0.39 is 23.5 Å². The molecule has 1 atom stereocenters. The number of hydrogen-bond donors (Lipinski definition) is 1. The fourth-order valence-electron chi connectivity index (χ4n) is 2.33. The van der Waals surface area contributed by atoms with E-state index in [-0.39, 0.29) is 11.3 Å². The number of piperazine rings is 1. The second-order valence-corrected chi connectivity index (χ2v) is 4.42. The third-order valence-electron chi connectivity index (χ3n) is 3.28. The Balaban J connectivity index is 2.35. The Morgan fingerprint density at radius 2 is 2.11 bits per heavy atom. The SMILES string of the molecule is O=[N+]([O-])c1ccc(F)cc1[C@@H](CF)N1CCNCC1. The van der Waals surface area contributed by atoms with Gasteiger partial charge in [-0.3, -0.25) is 15.0 Å². The zero-order chi connectivity index (χ0) is 13.8. The van der Waals surface area contributed by atoms with Crippen molar-refractivity contribution >= 4 is 5.69 Å². The lowest BCUT2D eigenvalue weighted by Gasteiger charge is -2.33. The first-order valence-electron chi connectivity index (χ1n) is 6.08. The molecule has 0 saturated carbocycles. The van der Waals surface area contributed by atoms with Gasteiger partial charge in [0, 0.05) is 32.2 Å². The van der Waals surface area contributed by atoms with Crippen LogP contribution in [0, 0.1) is 15.9 Å². The third-order valence-corrected chi connectivity index (χ3v) is 3.28. The van der Waals surface area contributed by atoms with Gasteiger partial charge in [0.2, 0.25) is 0 Å². The third kappa shape index (κ3) is 3.05. The van der Waals surface area contributed by atoms with Crippen LogP contribution in [-0.2, 0) is 0 Å². The van der Waals surface area contributed by atoms with Gasteiger partial charge in [-0.2, -0.15) is 0 Å². The fourth-order valence-corrected chi connectivity index (χ4v) is 2.33. The predicted molar refractivity (Wildman–Crippen MR) is 66.2 cm³/mol. The molecule has 1 aliphatic heterocycles. The minimum absolute atomic E-state index is 0.106. The highest BCUT2D eigenvalue weighted by Crippen LogP contribution is 2.30. The lowest BCUT2D eigenvalue weighted by Crippen LogP contribution is -2.45. The van der Waals surface area contributed by atoms with Gasteiger partial charge in [0.1, 0.15) is 12.5 Å². The predicted octanol–water partition coefficient (Wildman–Crippen LogP) is 1.65. The number of nitrogens with zero attached hydrogens (tertiary/aromatic N) is 2. The number of benzene rings is 1. The number of alkyl halides is 1. The van der Waals surface area contributed by atoms with E-state index in [4.69, 9.17) is 0 Å². The van der Waals surface area contributed by atoms with Crippen molar-refractivity contribution in [2.45, 2.75) is 6.04 Å². The van der Waals surface area contributed by atoms with Gasteiger partial charge >= 0.3 is 0 Å². The van der Waals surface area contributed by atoms with Crippen LogP contribution in [0.4, 0.5) is 14.5 Å². The first-order valence-corrected chi connectivity index (χ1v) is 6.08. The van der Waals surface area contributed by atoms with Gasteiger partial charge in [0.15, 0.2) is 0 Å². The molecule has 1 fully saturated rings. The second-order valence-electron chi connectivity index (χ2n) is 4.42. The van der Waals surface area contributed by atoms with E-state index >= 15 is 0 Å². The van der Waals surface area contributed by atoms with Crippen LogP contribution in [0.2, 0.25) is 0 Å². The Bertz CT molecular complexity index is 464. The Morgan fingerprint density at radius 1 is 1.42 bits per heavy atom. The minimum atomic E-state index is -0.774. The summed E-state index contributed by atoms with van der Waals surface area (Å²) in [5.41, 5.74) is -0.128. The van der Waals surface area contributed by atoms with Crippen LogP contribution in [0.3, 0.4) is 0 Å². The van der Waals surface area contributed by atoms with E-state index in [9.17, 15) is 18.9 Å². The molecule has 0 aromatic heterocycles. The van der Waals surface area contributed by atoms with Crippen molar-refractivity contribution in [2.75, 3.05) is 32.9 Å². The largest absolute Gasteiger partial charge is 0.314 e. The molecule has 19 heavy (non-hydrogen) atoms. The van der Waals surface area contributed by atoms with Gasteiger partial charge in [-0.1, -0.05) is 0 Å². The molecule has 1 N–H and O–H groups in total. The summed E-state index contributed by atoms with van der Waals surface area (Å²) in [7, 11) is 0. The van der Waals surface area contributed by atoms with Gasteiger partial charge in [0.25, 0.3) is 5.69 Å². The summed E-state index contributed by atoms with van der Waals surface area (Å²) in [6, 6.07) is 2.41. The normalized spacial score (nSPS) is 18.2. The minimum Gasteiger partial charge on any atom is -0.314 e. The number of nitro groups is 1. The van der Waals surface area contributed by atoms with Crippen LogP contribution < -0.4 is 5.32 Å². The van der Waals surface area contributed by atoms with Crippen LogP contribution in [0.15, 0.2) is 18.2 Å². The molecule has 104 valence electrons. The Kier molecular flexibility index (Phi) is 4.39. The van der Waals surface area contributed by atoms with Crippen LogP contribution in [0.1, 0.15) is 11.6 Å². The smallest absolute Gasteiger partial charge is 0.274 e. The monoisotopic (exact) mass is 271 g/mol. The van der Waals surface area contributed by atoms with Crippen LogP contribution in [0.25, 0.3) is 0 Å². The van der Waals surface area contributed by atoms with E-state index in [1.54, 1.807) is 4.90 Å². The summed E-state index contributed by atoms with van der Waals surface area (Å²) in [6.07, 6.45) is 0. The summed E-state index contributed by atoms with van der Waals surface area (Å²) in [5.74, 6) is -0.589. The highest BCUT2D eigenvalue weighted by Gasteiger charge is 2.28. The lowest BCUT2D eigenvalue weighted by atomic mass is 10.0. The van der Waals surface area contributed by atoms with E-state index in [1.807, 2.05) is 0 Å². The van der Waals surface area contributed by atoms with Gasteiger partial charge < -0.3 is 5.32 Å². The van der Waals surface area contributed by atoms with E-state index in [0.29, 0.717) is 26.2 Å². The van der Waals surface area contributed by atoms with Crippen LogP contribution >= 0.6 is 0 Å². The summed E-state index contributed by atoms with van der Waals surface area (Å²) < 4.78 is 26.6. The maximum Gasteiger partial charge on any atom is 0.274 e. The van der Waals surface area contributed by atoms with Gasteiger partial charge in [0.05, 0.1) is 16.5 Å². The molecule has 1 aromatic rings. The van der Waals surface area contributed by atoms with Crippen LogP contribution in [-0.4, -0.2) is 42.7 Å². The summed E-state index contributed by atoms with van der Waals surface area (Å²) >= 11 is 0. The van der Waals surface area contributed by atoms with E-state index in [2.05, 4.69) is 5.32 Å². The van der Waals surface area contributed by atoms with Crippen LogP contribution in [0.5, 0.6) is 0 Å². The quantitative estimate of drug-likeness (QED) is 0.668. The van der Waals surface area contributed by atoms with Crippen molar-refractivity contribution in [2.24, 2.45) is 0 Å². The Morgan fingerprint density at radius 3 is 2.68 bits per heavy atom.